The summed E-state index contributed by atoms with van der Waals surface area (Å²) in [6.45, 7) is 6.88. The van der Waals surface area contributed by atoms with Crippen LogP contribution in [0.15, 0.2) is 12.2 Å². The Balaban J connectivity index is 2.69. The summed E-state index contributed by atoms with van der Waals surface area (Å²) in [5.41, 5.74) is -0.0272. The summed E-state index contributed by atoms with van der Waals surface area (Å²) in [6, 6.07) is 0. The Labute approximate surface area is 61.5 Å². The molecule has 1 heterocycles. The molecular formula is C8H13NO. The highest BCUT2D eigenvalue weighted by molar-refractivity contribution is 5.90. The number of hydrogen-bond acceptors (Lipinski definition) is 1. The summed E-state index contributed by atoms with van der Waals surface area (Å²) < 4.78 is 0. The quantitative estimate of drug-likeness (QED) is 0.493. The molecule has 0 saturated heterocycles. The highest BCUT2D eigenvalue weighted by atomic mass is 16.2. The summed E-state index contributed by atoms with van der Waals surface area (Å²) in [5, 5.41) is 0. The Hall–Kier alpha value is -0.790. The highest BCUT2D eigenvalue weighted by Crippen LogP contribution is 2.16. The zero-order chi connectivity index (χ0) is 7.78. The molecule has 2 heteroatoms. The maximum Gasteiger partial charge on any atom is 0.247 e. The number of carbonyl (C=O) groups excluding carboxylic acids is 1. The third kappa shape index (κ3) is 1.20. The van der Waals surface area contributed by atoms with Gasteiger partial charge in [0.1, 0.15) is 0 Å². The standard InChI is InChI=1S/C8H13NO/c1-8(2,3)9-6-4-5-7(9)10/h4-5H,6H2,1-3H3. The molecule has 0 radical (unpaired) electrons. The maximum absolute atomic E-state index is 11.1. The van der Waals surface area contributed by atoms with E-state index in [9.17, 15) is 4.79 Å². The molecule has 0 N–H and O–H groups in total. The summed E-state index contributed by atoms with van der Waals surface area (Å²) in [6.07, 6.45) is 3.53. The third-order valence-corrected chi connectivity index (χ3v) is 1.62. The van der Waals surface area contributed by atoms with Crippen molar-refractivity contribution in [1.82, 2.24) is 4.90 Å². The number of nitrogens with zero attached hydrogens (tertiary/aromatic N) is 1. The zero-order valence-electron chi connectivity index (χ0n) is 6.72. The van der Waals surface area contributed by atoms with Crippen molar-refractivity contribution in [3.8, 4) is 0 Å². The molecular weight excluding hydrogens is 126 g/mol. The van der Waals surface area contributed by atoms with E-state index in [-0.39, 0.29) is 11.4 Å². The fourth-order valence-electron chi connectivity index (χ4n) is 1.04. The van der Waals surface area contributed by atoms with Gasteiger partial charge in [0.05, 0.1) is 0 Å². The second-order valence-electron chi connectivity index (χ2n) is 3.52. The van der Waals surface area contributed by atoms with Crippen molar-refractivity contribution in [2.45, 2.75) is 26.3 Å². The van der Waals surface area contributed by atoms with Crippen LogP contribution in [0.4, 0.5) is 0 Å². The summed E-state index contributed by atoms with van der Waals surface area (Å²) >= 11 is 0. The Morgan fingerprint density at radius 2 is 2.10 bits per heavy atom. The molecule has 1 rings (SSSR count). The molecule has 1 aliphatic heterocycles. The van der Waals surface area contributed by atoms with Crippen LogP contribution >= 0.6 is 0 Å². The smallest absolute Gasteiger partial charge is 0.247 e. The summed E-state index contributed by atoms with van der Waals surface area (Å²) in [4.78, 5) is 12.9. The van der Waals surface area contributed by atoms with E-state index in [1.165, 1.54) is 0 Å². The average Bonchev–Trinajstić information content (AvgIpc) is 2.11. The molecule has 0 aromatic rings. The molecule has 10 heavy (non-hydrogen) atoms. The third-order valence-electron chi connectivity index (χ3n) is 1.62. The monoisotopic (exact) mass is 139 g/mol. The van der Waals surface area contributed by atoms with Gasteiger partial charge in [-0.3, -0.25) is 4.79 Å². The van der Waals surface area contributed by atoms with Crippen LogP contribution in [0, 0.1) is 0 Å². The lowest BCUT2D eigenvalue weighted by Crippen LogP contribution is -2.42. The minimum atomic E-state index is -0.0272. The normalized spacial score (nSPS) is 18.7. The fourth-order valence-corrected chi connectivity index (χ4v) is 1.04. The maximum atomic E-state index is 11.1. The van der Waals surface area contributed by atoms with Gasteiger partial charge in [-0.15, -0.1) is 0 Å². The molecule has 0 atom stereocenters. The van der Waals surface area contributed by atoms with E-state index in [0.29, 0.717) is 0 Å². The van der Waals surface area contributed by atoms with Crippen LogP contribution < -0.4 is 0 Å². The van der Waals surface area contributed by atoms with Gasteiger partial charge < -0.3 is 4.90 Å². The van der Waals surface area contributed by atoms with E-state index in [4.69, 9.17) is 0 Å². The van der Waals surface area contributed by atoms with Crippen molar-refractivity contribution >= 4 is 5.91 Å². The largest absolute Gasteiger partial charge is 0.331 e. The van der Waals surface area contributed by atoms with Crippen LogP contribution in [0.5, 0.6) is 0 Å². The average molecular weight is 139 g/mol. The van der Waals surface area contributed by atoms with Crippen molar-refractivity contribution in [3.05, 3.63) is 12.2 Å². The van der Waals surface area contributed by atoms with Crippen LogP contribution in [-0.2, 0) is 4.79 Å². The molecule has 1 amide bonds. The lowest BCUT2D eigenvalue weighted by molar-refractivity contribution is -0.128. The first-order valence-corrected chi connectivity index (χ1v) is 3.50. The van der Waals surface area contributed by atoms with Crippen molar-refractivity contribution in [2.75, 3.05) is 6.54 Å². The van der Waals surface area contributed by atoms with Gasteiger partial charge >= 0.3 is 0 Å². The number of amides is 1. The lowest BCUT2D eigenvalue weighted by Gasteiger charge is -2.31. The van der Waals surface area contributed by atoms with E-state index >= 15 is 0 Å². The topological polar surface area (TPSA) is 20.3 Å². The Morgan fingerprint density at radius 3 is 2.30 bits per heavy atom. The minimum Gasteiger partial charge on any atom is -0.331 e. The van der Waals surface area contributed by atoms with Gasteiger partial charge in [-0.2, -0.15) is 0 Å². The molecule has 0 saturated carbocycles. The van der Waals surface area contributed by atoms with Crippen molar-refractivity contribution in [1.29, 1.82) is 0 Å². The summed E-state index contributed by atoms with van der Waals surface area (Å²) in [7, 11) is 0. The zero-order valence-corrected chi connectivity index (χ0v) is 6.72. The molecule has 0 unspecified atom stereocenters. The highest BCUT2D eigenvalue weighted by Gasteiger charge is 2.26. The van der Waals surface area contributed by atoms with Crippen molar-refractivity contribution in [3.63, 3.8) is 0 Å². The van der Waals surface area contributed by atoms with E-state index in [0.717, 1.165) is 6.54 Å². The van der Waals surface area contributed by atoms with Crippen molar-refractivity contribution < 1.29 is 4.79 Å². The predicted molar refractivity (Wildman–Crippen MR) is 40.6 cm³/mol. The Morgan fingerprint density at radius 1 is 1.50 bits per heavy atom. The van der Waals surface area contributed by atoms with Gasteiger partial charge in [-0.05, 0) is 20.8 Å². The molecule has 0 spiro atoms. The molecule has 56 valence electrons. The van der Waals surface area contributed by atoms with Crippen LogP contribution in [0.1, 0.15) is 20.8 Å². The van der Waals surface area contributed by atoms with Crippen molar-refractivity contribution in [2.24, 2.45) is 0 Å². The molecule has 2 nitrogen and oxygen atoms in total. The second kappa shape index (κ2) is 2.11. The van der Waals surface area contributed by atoms with E-state index in [1.54, 1.807) is 6.08 Å². The van der Waals surface area contributed by atoms with E-state index < -0.39 is 0 Å². The number of hydrogen-bond donors (Lipinski definition) is 0. The van der Waals surface area contributed by atoms with Gasteiger partial charge in [0.15, 0.2) is 0 Å². The molecule has 0 bridgehead atoms. The SMILES string of the molecule is CC(C)(C)N1CC=CC1=O. The number of rotatable bonds is 0. The first-order chi connectivity index (χ1) is 4.52. The van der Waals surface area contributed by atoms with Crippen LogP contribution in [0.2, 0.25) is 0 Å². The fraction of sp³-hybridized carbons (Fsp3) is 0.625. The molecule has 0 aromatic carbocycles. The van der Waals surface area contributed by atoms with E-state index in [1.807, 2.05) is 31.7 Å². The first-order valence-electron chi connectivity index (χ1n) is 3.50. The Kier molecular flexibility index (Phi) is 1.55. The number of carbonyl (C=O) groups is 1. The van der Waals surface area contributed by atoms with Gasteiger partial charge in [0.25, 0.3) is 0 Å². The van der Waals surface area contributed by atoms with Gasteiger partial charge in [0.2, 0.25) is 5.91 Å². The Bertz CT molecular complexity index is 176. The van der Waals surface area contributed by atoms with Crippen LogP contribution in [-0.4, -0.2) is 22.9 Å². The molecule has 0 aromatic heterocycles. The molecule has 0 aliphatic carbocycles. The van der Waals surface area contributed by atoms with Gasteiger partial charge in [-0.25, -0.2) is 0 Å². The summed E-state index contributed by atoms with van der Waals surface area (Å²) in [5.74, 6) is 0.132. The molecule has 0 fully saturated rings. The predicted octanol–water partition coefficient (Wildman–Crippen LogP) is 1.18. The lowest BCUT2D eigenvalue weighted by atomic mass is 10.1. The first kappa shape index (κ1) is 7.32. The van der Waals surface area contributed by atoms with Crippen LogP contribution in [0.3, 0.4) is 0 Å². The minimum absolute atomic E-state index is 0.0272. The van der Waals surface area contributed by atoms with Crippen LogP contribution in [0.25, 0.3) is 0 Å². The van der Waals surface area contributed by atoms with Gasteiger partial charge in [0, 0.05) is 18.2 Å². The second-order valence-corrected chi connectivity index (χ2v) is 3.52. The van der Waals surface area contributed by atoms with Gasteiger partial charge in [-0.1, -0.05) is 6.08 Å². The van der Waals surface area contributed by atoms with E-state index in [2.05, 4.69) is 0 Å². The molecule has 1 aliphatic rings.